The minimum atomic E-state index is -3.85. The quantitative estimate of drug-likeness (QED) is 0.234. The molecule has 0 saturated carbocycles. The summed E-state index contributed by atoms with van der Waals surface area (Å²) in [6, 6.07) is 42.0. The minimum Gasteiger partial charge on any atom is -0.414 e. The molecule has 0 unspecified atom stereocenters. The molecule has 0 aliphatic rings. The van der Waals surface area contributed by atoms with E-state index in [0.717, 1.165) is 22.0 Å². The van der Waals surface area contributed by atoms with E-state index >= 15 is 0 Å². The standard InChI is InChI=1S/C29H24NO3P/c31-34(32-25-17-6-2-7-18-25,33-26-19-8-3-9-20-26)29(24-14-4-1-5-15-24)30-28-22-12-16-23-13-10-11-21-27(23)28/h1-22,29-30H/t29-/m0/s1. The van der Waals surface area contributed by atoms with Crippen molar-refractivity contribution < 1.29 is 13.6 Å². The Balaban J connectivity index is 1.63. The highest BCUT2D eigenvalue weighted by Crippen LogP contribution is 2.60. The molecule has 0 saturated heterocycles. The number of fused-ring (bicyclic) bond motifs is 1. The van der Waals surface area contributed by atoms with E-state index in [1.807, 2.05) is 97.1 Å². The first-order chi connectivity index (χ1) is 16.7. The molecule has 4 nitrogen and oxygen atoms in total. The van der Waals surface area contributed by atoms with Gasteiger partial charge in [0.2, 0.25) is 0 Å². The summed E-state index contributed by atoms with van der Waals surface area (Å²) >= 11 is 0. The lowest BCUT2D eigenvalue weighted by molar-refractivity contribution is 0.376. The summed E-state index contributed by atoms with van der Waals surface area (Å²) in [4.78, 5) is 0. The Labute approximate surface area is 199 Å². The lowest BCUT2D eigenvalue weighted by Gasteiger charge is -2.29. The predicted molar refractivity (Wildman–Crippen MR) is 139 cm³/mol. The van der Waals surface area contributed by atoms with Crippen LogP contribution in [-0.4, -0.2) is 0 Å². The summed E-state index contributed by atoms with van der Waals surface area (Å²) < 4.78 is 27.0. The first-order valence-electron chi connectivity index (χ1n) is 11.1. The van der Waals surface area contributed by atoms with Gasteiger partial charge in [0.05, 0.1) is 0 Å². The van der Waals surface area contributed by atoms with Crippen LogP contribution in [0.1, 0.15) is 11.3 Å². The van der Waals surface area contributed by atoms with Crippen LogP contribution in [0.5, 0.6) is 11.5 Å². The third-order valence-corrected chi connectivity index (χ3v) is 7.46. The van der Waals surface area contributed by atoms with E-state index in [0.29, 0.717) is 11.5 Å². The van der Waals surface area contributed by atoms with Crippen molar-refractivity contribution in [3.8, 4) is 11.5 Å². The molecule has 0 aromatic heterocycles. The van der Waals surface area contributed by atoms with E-state index in [-0.39, 0.29) is 0 Å². The molecule has 168 valence electrons. The van der Waals surface area contributed by atoms with Gasteiger partial charge in [-0.2, -0.15) is 0 Å². The Morgan fingerprint density at radius 1 is 0.559 bits per heavy atom. The fourth-order valence-electron chi connectivity index (χ4n) is 3.86. The van der Waals surface area contributed by atoms with E-state index in [2.05, 4.69) is 17.4 Å². The second-order valence-corrected chi connectivity index (χ2v) is 9.79. The highest BCUT2D eigenvalue weighted by Gasteiger charge is 2.41. The molecule has 0 bridgehead atoms. The lowest BCUT2D eigenvalue weighted by Crippen LogP contribution is -2.18. The van der Waals surface area contributed by atoms with Crippen molar-refractivity contribution in [1.82, 2.24) is 0 Å². The topological polar surface area (TPSA) is 47.6 Å². The highest BCUT2D eigenvalue weighted by atomic mass is 31.2. The SMILES string of the molecule is O=P(Oc1ccccc1)(Oc1ccccc1)[C@H](Nc1cccc2ccccc12)c1ccccc1. The first-order valence-corrected chi connectivity index (χ1v) is 12.7. The lowest BCUT2D eigenvalue weighted by atomic mass is 10.1. The van der Waals surface area contributed by atoms with Crippen LogP contribution in [0.3, 0.4) is 0 Å². The van der Waals surface area contributed by atoms with Gasteiger partial charge < -0.3 is 14.4 Å². The molecule has 0 amide bonds. The summed E-state index contributed by atoms with van der Waals surface area (Å²) in [7, 11) is -3.85. The zero-order valence-corrected chi connectivity index (χ0v) is 19.3. The van der Waals surface area contributed by atoms with Crippen LogP contribution in [0.2, 0.25) is 0 Å². The molecule has 1 N–H and O–H groups in total. The summed E-state index contributed by atoms with van der Waals surface area (Å²) in [6.45, 7) is 0. The largest absolute Gasteiger partial charge is 0.457 e. The molecule has 5 rings (SSSR count). The summed E-state index contributed by atoms with van der Waals surface area (Å²) in [5.41, 5.74) is 1.64. The van der Waals surface area contributed by atoms with Crippen molar-refractivity contribution in [3.05, 3.63) is 139 Å². The Bertz CT molecular complexity index is 1360. The third-order valence-electron chi connectivity index (χ3n) is 5.47. The van der Waals surface area contributed by atoms with E-state index < -0.39 is 13.4 Å². The van der Waals surface area contributed by atoms with Crippen LogP contribution in [0.15, 0.2) is 133 Å². The molecule has 0 spiro atoms. The monoisotopic (exact) mass is 465 g/mol. The first kappa shape index (κ1) is 21.8. The van der Waals surface area contributed by atoms with Crippen molar-refractivity contribution in [2.24, 2.45) is 0 Å². The van der Waals surface area contributed by atoms with Gasteiger partial charge in [0.1, 0.15) is 11.5 Å². The zero-order chi connectivity index (χ0) is 23.2. The van der Waals surface area contributed by atoms with E-state index in [4.69, 9.17) is 9.05 Å². The second-order valence-electron chi connectivity index (χ2n) is 7.83. The van der Waals surface area contributed by atoms with Crippen LogP contribution < -0.4 is 14.4 Å². The number of nitrogens with one attached hydrogen (secondary N) is 1. The second kappa shape index (κ2) is 9.86. The Kier molecular flexibility index (Phi) is 6.33. The van der Waals surface area contributed by atoms with Crippen LogP contribution in [0.25, 0.3) is 10.8 Å². The number of rotatable bonds is 8. The van der Waals surface area contributed by atoms with Crippen LogP contribution in [-0.2, 0) is 4.57 Å². The van der Waals surface area contributed by atoms with Gasteiger partial charge in [-0.1, -0.05) is 103 Å². The van der Waals surface area contributed by atoms with E-state index in [9.17, 15) is 4.57 Å². The Morgan fingerprint density at radius 3 is 1.68 bits per heavy atom. The van der Waals surface area contributed by atoms with Gasteiger partial charge in [-0.25, -0.2) is 4.57 Å². The number of para-hydroxylation sites is 2. The fourth-order valence-corrected chi connectivity index (χ4v) is 5.77. The normalized spacial score (nSPS) is 12.1. The number of anilines is 1. The van der Waals surface area contributed by atoms with Gasteiger partial charge in [-0.15, -0.1) is 0 Å². The Hall–Kier alpha value is -4.01. The van der Waals surface area contributed by atoms with Gasteiger partial charge in [-0.3, -0.25) is 0 Å². The molecule has 0 aliphatic carbocycles. The molecular formula is C29H24NO3P. The van der Waals surface area contributed by atoms with Crippen molar-refractivity contribution in [2.45, 2.75) is 5.78 Å². The molecule has 0 radical (unpaired) electrons. The van der Waals surface area contributed by atoms with Crippen LogP contribution in [0.4, 0.5) is 5.69 Å². The van der Waals surface area contributed by atoms with Gasteiger partial charge >= 0.3 is 7.60 Å². The summed E-state index contributed by atoms with van der Waals surface area (Å²) in [6.07, 6.45) is 0. The van der Waals surface area contributed by atoms with E-state index in [1.54, 1.807) is 24.3 Å². The highest BCUT2D eigenvalue weighted by molar-refractivity contribution is 7.55. The van der Waals surface area contributed by atoms with Crippen LogP contribution >= 0.6 is 7.60 Å². The smallest absolute Gasteiger partial charge is 0.414 e. The molecule has 1 atom stereocenters. The van der Waals surface area contributed by atoms with Gasteiger partial charge in [0.15, 0.2) is 5.78 Å². The molecule has 0 heterocycles. The maximum atomic E-state index is 14.7. The average molecular weight is 465 g/mol. The summed E-state index contributed by atoms with van der Waals surface area (Å²) in [5.74, 6) is 0.185. The van der Waals surface area contributed by atoms with E-state index in [1.165, 1.54) is 0 Å². The molecule has 0 aliphatic heterocycles. The fraction of sp³-hybridized carbons (Fsp3) is 0.0345. The number of hydrogen-bond donors (Lipinski definition) is 1. The number of benzene rings is 5. The molecular weight excluding hydrogens is 441 g/mol. The molecule has 5 aromatic rings. The van der Waals surface area contributed by atoms with Crippen molar-refractivity contribution in [1.29, 1.82) is 0 Å². The maximum Gasteiger partial charge on any atom is 0.457 e. The maximum absolute atomic E-state index is 14.7. The zero-order valence-electron chi connectivity index (χ0n) is 18.5. The summed E-state index contributed by atoms with van der Waals surface area (Å²) in [5, 5.41) is 5.62. The molecule has 34 heavy (non-hydrogen) atoms. The molecule has 5 heteroatoms. The molecule has 0 fully saturated rings. The van der Waals surface area contributed by atoms with Gasteiger partial charge in [-0.05, 0) is 41.3 Å². The van der Waals surface area contributed by atoms with Crippen LogP contribution in [0, 0.1) is 0 Å². The Morgan fingerprint density at radius 2 is 1.06 bits per heavy atom. The third kappa shape index (κ3) is 4.83. The van der Waals surface area contributed by atoms with Gasteiger partial charge in [0.25, 0.3) is 0 Å². The van der Waals surface area contributed by atoms with Crippen molar-refractivity contribution >= 4 is 24.1 Å². The number of hydrogen-bond acceptors (Lipinski definition) is 4. The van der Waals surface area contributed by atoms with Crippen molar-refractivity contribution in [3.63, 3.8) is 0 Å². The predicted octanol–water partition coefficient (Wildman–Crippen LogP) is 8.30. The van der Waals surface area contributed by atoms with Gasteiger partial charge in [0, 0.05) is 11.1 Å². The average Bonchev–Trinajstić information content (AvgIpc) is 2.89. The molecule has 5 aromatic carbocycles. The minimum absolute atomic E-state index is 0.474. The van der Waals surface area contributed by atoms with Crippen molar-refractivity contribution in [2.75, 3.05) is 5.32 Å².